The van der Waals surface area contributed by atoms with E-state index in [9.17, 15) is 9.18 Å². The van der Waals surface area contributed by atoms with E-state index >= 15 is 0 Å². The number of nitrogens with one attached hydrogen (secondary N) is 2. The predicted octanol–water partition coefficient (Wildman–Crippen LogP) is 3.63. The molecule has 2 N–H and O–H groups in total. The average molecular weight is 328 g/mol. The van der Waals surface area contributed by atoms with Gasteiger partial charge in [-0.2, -0.15) is 0 Å². The van der Waals surface area contributed by atoms with Gasteiger partial charge in [0, 0.05) is 6.54 Å². The maximum absolute atomic E-state index is 14.8. The number of hydrogen-bond donors (Lipinski definition) is 2. The Bertz CT molecular complexity index is 664. The van der Waals surface area contributed by atoms with Crippen LogP contribution in [-0.4, -0.2) is 12.5 Å². The van der Waals surface area contributed by atoms with Gasteiger partial charge in [0.05, 0.1) is 11.1 Å². The molecule has 4 heteroatoms. The van der Waals surface area contributed by atoms with Crippen LogP contribution >= 0.6 is 0 Å². The minimum absolute atomic E-state index is 0.0781. The van der Waals surface area contributed by atoms with Crippen molar-refractivity contribution in [2.45, 2.75) is 51.5 Å². The summed E-state index contributed by atoms with van der Waals surface area (Å²) in [4.78, 5) is 13.1. The molecule has 0 radical (unpaired) electrons. The second-order valence-corrected chi connectivity index (χ2v) is 8.64. The van der Waals surface area contributed by atoms with Crippen LogP contribution in [-0.2, 0) is 17.8 Å². The molecule has 24 heavy (non-hydrogen) atoms. The monoisotopic (exact) mass is 328 g/mol. The highest BCUT2D eigenvalue weighted by atomic mass is 19.1. The summed E-state index contributed by atoms with van der Waals surface area (Å²) in [6, 6.07) is 3.71. The van der Waals surface area contributed by atoms with E-state index in [1.54, 1.807) is 6.07 Å². The average Bonchev–Trinajstić information content (AvgIpc) is 2.56. The first kappa shape index (κ1) is 14.9. The number of carbonyl (C=O) groups is 1. The minimum atomic E-state index is -0.224. The summed E-state index contributed by atoms with van der Waals surface area (Å²) in [6.45, 7) is 1.52. The molecule has 0 aromatic heterocycles. The molecule has 4 aliphatic carbocycles. The molecular weight excluding hydrogens is 303 g/mol. The Morgan fingerprint density at radius 2 is 1.79 bits per heavy atom. The SMILES string of the molecule is O=C(Nc1ccc2c(c1F)CCNC2)C12CC3CC(CC(C3)C1)C2. The number of fused-ring (bicyclic) bond motifs is 1. The zero-order valence-electron chi connectivity index (χ0n) is 14.0. The highest BCUT2D eigenvalue weighted by molar-refractivity contribution is 5.96. The summed E-state index contributed by atoms with van der Waals surface area (Å²) in [7, 11) is 0. The molecule has 1 heterocycles. The molecule has 1 aromatic carbocycles. The van der Waals surface area contributed by atoms with Gasteiger partial charge in [-0.1, -0.05) is 6.07 Å². The van der Waals surface area contributed by atoms with E-state index in [2.05, 4.69) is 10.6 Å². The van der Waals surface area contributed by atoms with Gasteiger partial charge in [-0.3, -0.25) is 4.79 Å². The van der Waals surface area contributed by atoms with E-state index in [1.165, 1.54) is 19.3 Å². The van der Waals surface area contributed by atoms with Crippen molar-refractivity contribution < 1.29 is 9.18 Å². The molecule has 4 bridgehead atoms. The van der Waals surface area contributed by atoms with Gasteiger partial charge in [-0.25, -0.2) is 4.39 Å². The lowest BCUT2D eigenvalue weighted by molar-refractivity contribution is -0.140. The minimum Gasteiger partial charge on any atom is -0.323 e. The quantitative estimate of drug-likeness (QED) is 0.870. The van der Waals surface area contributed by atoms with Gasteiger partial charge in [0.2, 0.25) is 5.91 Å². The van der Waals surface area contributed by atoms with Gasteiger partial charge in [0.25, 0.3) is 0 Å². The summed E-state index contributed by atoms with van der Waals surface area (Å²) in [5.41, 5.74) is 1.96. The van der Waals surface area contributed by atoms with Gasteiger partial charge in [0.1, 0.15) is 5.82 Å². The summed E-state index contributed by atoms with van der Waals surface area (Å²) >= 11 is 0. The molecule has 0 unspecified atom stereocenters. The van der Waals surface area contributed by atoms with Crippen molar-refractivity contribution >= 4 is 11.6 Å². The third-order valence-electron chi connectivity index (χ3n) is 6.98. The van der Waals surface area contributed by atoms with E-state index in [4.69, 9.17) is 0 Å². The van der Waals surface area contributed by atoms with Gasteiger partial charge >= 0.3 is 0 Å². The zero-order chi connectivity index (χ0) is 16.3. The first-order chi connectivity index (χ1) is 11.6. The largest absolute Gasteiger partial charge is 0.323 e. The van der Waals surface area contributed by atoms with Crippen molar-refractivity contribution in [3.05, 3.63) is 29.1 Å². The van der Waals surface area contributed by atoms with E-state index in [-0.39, 0.29) is 17.1 Å². The first-order valence-electron chi connectivity index (χ1n) is 9.45. The van der Waals surface area contributed by atoms with Crippen molar-refractivity contribution in [3.63, 3.8) is 0 Å². The fourth-order valence-electron chi connectivity index (χ4n) is 6.27. The van der Waals surface area contributed by atoms with Crippen LogP contribution in [0.1, 0.15) is 49.7 Å². The maximum Gasteiger partial charge on any atom is 0.230 e. The van der Waals surface area contributed by atoms with Crippen LogP contribution in [0.4, 0.5) is 10.1 Å². The highest BCUT2D eigenvalue weighted by Crippen LogP contribution is 2.60. The lowest BCUT2D eigenvalue weighted by atomic mass is 9.49. The van der Waals surface area contributed by atoms with Crippen LogP contribution in [0, 0.1) is 29.0 Å². The summed E-state index contributed by atoms with van der Waals surface area (Å²) in [5, 5.41) is 6.25. The smallest absolute Gasteiger partial charge is 0.230 e. The molecule has 5 aliphatic rings. The van der Waals surface area contributed by atoms with Crippen LogP contribution in [0.15, 0.2) is 12.1 Å². The number of rotatable bonds is 2. The Kier molecular flexibility index (Phi) is 3.28. The van der Waals surface area contributed by atoms with Crippen LogP contribution in [0.25, 0.3) is 0 Å². The second-order valence-electron chi connectivity index (χ2n) is 8.64. The Labute approximate surface area is 142 Å². The van der Waals surface area contributed by atoms with Crippen molar-refractivity contribution in [2.75, 3.05) is 11.9 Å². The highest BCUT2D eigenvalue weighted by Gasteiger charge is 2.54. The zero-order valence-corrected chi connectivity index (χ0v) is 14.0. The van der Waals surface area contributed by atoms with E-state index in [0.717, 1.165) is 61.2 Å². The topological polar surface area (TPSA) is 41.1 Å². The fraction of sp³-hybridized carbons (Fsp3) is 0.650. The standard InChI is InChI=1S/C20H25FN2O/c21-18-16-3-4-22-11-15(16)1-2-17(18)23-19(24)20-8-12-5-13(9-20)7-14(6-12)10-20/h1-2,12-14,22H,3-11H2,(H,23,24). The lowest BCUT2D eigenvalue weighted by Crippen LogP contribution is -2.51. The summed E-state index contributed by atoms with van der Waals surface area (Å²) in [5.74, 6) is 2.03. The molecule has 128 valence electrons. The van der Waals surface area contributed by atoms with E-state index in [1.807, 2.05) is 6.07 Å². The number of benzene rings is 1. The van der Waals surface area contributed by atoms with Gasteiger partial charge in [-0.15, -0.1) is 0 Å². The summed E-state index contributed by atoms with van der Waals surface area (Å²) in [6.07, 6.45) is 7.68. The fourth-order valence-corrected chi connectivity index (χ4v) is 6.27. The Balaban J connectivity index is 1.41. The number of carbonyl (C=O) groups excluding carboxylic acids is 1. The maximum atomic E-state index is 14.8. The third-order valence-corrected chi connectivity index (χ3v) is 6.98. The van der Waals surface area contributed by atoms with E-state index < -0.39 is 0 Å². The van der Waals surface area contributed by atoms with Crippen molar-refractivity contribution in [1.29, 1.82) is 0 Å². The molecule has 0 atom stereocenters. The molecule has 1 aromatic rings. The number of halogens is 1. The third kappa shape index (κ3) is 2.22. The van der Waals surface area contributed by atoms with Gasteiger partial charge in [0.15, 0.2) is 0 Å². The van der Waals surface area contributed by atoms with Gasteiger partial charge < -0.3 is 10.6 Å². The molecule has 1 aliphatic heterocycles. The molecule has 0 saturated heterocycles. The second kappa shape index (κ2) is 5.29. The summed E-state index contributed by atoms with van der Waals surface area (Å²) < 4.78 is 14.8. The van der Waals surface area contributed by atoms with Crippen molar-refractivity contribution in [1.82, 2.24) is 5.32 Å². The van der Waals surface area contributed by atoms with Crippen LogP contribution < -0.4 is 10.6 Å². The molecule has 4 fully saturated rings. The molecule has 1 amide bonds. The van der Waals surface area contributed by atoms with Crippen molar-refractivity contribution in [2.24, 2.45) is 23.2 Å². The van der Waals surface area contributed by atoms with E-state index in [0.29, 0.717) is 12.1 Å². The Morgan fingerprint density at radius 1 is 1.12 bits per heavy atom. The van der Waals surface area contributed by atoms with Crippen LogP contribution in [0.5, 0.6) is 0 Å². The molecule has 4 saturated carbocycles. The van der Waals surface area contributed by atoms with Crippen LogP contribution in [0.2, 0.25) is 0 Å². The van der Waals surface area contributed by atoms with Crippen LogP contribution in [0.3, 0.4) is 0 Å². The molecule has 3 nitrogen and oxygen atoms in total. The first-order valence-corrected chi connectivity index (χ1v) is 9.45. The molecule has 6 rings (SSSR count). The Hall–Kier alpha value is -1.42. The van der Waals surface area contributed by atoms with Crippen molar-refractivity contribution in [3.8, 4) is 0 Å². The Morgan fingerprint density at radius 3 is 2.46 bits per heavy atom. The number of hydrogen-bond acceptors (Lipinski definition) is 2. The van der Waals surface area contributed by atoms with Gasteiger partial charge in [-0.05, 0) is 86.4 Å². The number of anilines is 1. The lowest BCUT2D eigenvalue weighted by Gasteiger charge is -2.55. The normalized spacial score (nSPS) is 36.5. The molecular formula is C20H25FN2O. The predicted molar refractivity (Wildman–Crippen MR) is 91.0 cm³/mol. The number of amides is 1. The molecule has 0 spiro atoms.